The van der Waals surface area contributed by atoms with Crippen LogP contribution in [0.15, 0.2) is 60.7 Å². The third-order valence-electron chi connectivity index (χ3n) is 3.76. The Morgan fingerprint density at radius 1 is 1.12 bits per heavy atom. The minimum absolute atomic E-state index is 0.164. The summed E-state index contributed by atoms with van der Waals surface area (Å²) in [6, 6.07) is 18.9. The maximum absolute atomic E-state index is 12.7. The Labute approximate surface area is 152 Å². The Balaban J connectivity index is 2.07. The molecule has 1 N–H and O–H groups in total. The molecular formula is C20H20ClN3O. The van der Waals surface area contributed by atoms with E-state index in [2.05, 4.69) is 24.3 Å². The van der Waals surface area contributed by atoms with E-state index >= 15 is 0 Å². The van der Waals surface area contributed by atoms with Crippen LogP contribution in [0.3, 0.4) is 0 Å². The number of para-hydroxylation sites is 1. The largest absolute Gasteiger partial charge is 0.350 e. The quantitative estimate of drug-likeness (QED) is 0.729. The Kier molecular flexibility index (Phi) is 5.19. The maximum Gasteiger partial charge on any atom is 0.270 e. The van der Waals surface area contributed by atoms with E-state index in [1.807, 2.05) is 48.5 Å². The molecule has 0 aliphatic carbocycles. The Hall–Kier alpha value is -2.59. The number of carbonyl (C=O) groups is 1. The zero-order valence-corrected chi connectivity index (χ0v) is 15.0. The fraction of sp³-hybridized carbons (Fsp3) is 0.200. The first-order chi connectivity index (χ1) is 12.1. The van der Waals surface area contributed by atoms with Gasteiger partial charge in [-0.05, 0) is 24.1 Å². The third-order valence-corrected chi connectivity index (χ3v) is 4.08. The zero-order valence-electron chi connectivity index (χ0n) is 14.2. The molecule has 0 atom stereocenters. The average Bonchev–Trinajstić information content (AvgIpc) is 3.06. The van der Waals surface area contributed by atoms with Crippen molar-refractivity contribution < 1.29 is 4.79 Å². The summed E-state index contributed by atoms with van der Waals surface area (Å²) in [6.07, 6.45) is 0. The summed E-state index contributed by atoms with van der Waals surface area (Å²) >= 11 is 6.33. The molecule has 0 fully saturated rings. The van der Waals surface area contributed by atoms with Gasteiger partial charge in [0.25, 0.3) is 5.91 Å². The molecule has 4 nitrogen and oxygen atoms in total. The van der Waals surface area contributed by atoms with E-state index in [0.717, 1.165) is 11.3 Å². The number of halogens is 1. The molecule has 0 aliphatic rings. The molecule has 3 rings (SSSR count). The second kappa shape index (κ2) is 7.53. The van der Waals surface area contributed by atoms with Crippen molar-refractivity contribution in [2.45, 2.75) is 13.8 Å². The molecule has 3 aromatic rings. The van der Waals surface area contributed by atoms with Crippen LogP contribution in [-0.4, -0.2) is 22.2 Å². The second-order valence-electron chi connectivity index (χ2n) is 6.25. The van der Waals surface area contributed by atoms with Crippen molar-refractivity contribution in [3.8, 4) is 16.9 Å². The minimum Gasteiger partial charge on any atom is -0.350 e. The van der Waals surface area contributed by atoms with Crippen LogP contribution in [0.2, 0.25) is 5.02 Å². The average molecular weight is 354 g/mol. The fourth-order valence-corrected chi connectivity index (χ4v) is 2.70. The van der Waals surface area contributed by atoms with Crippen molar-refractivity contribution in [1.82, 2.24) is 15.1 Å². The Morgan fingerprint density at radius 2 is 1.80 bits per heavy atom. The summed E-state index contributed by atoms with van der Waals surface area (Å²) in [7, 11) is 0. The van der Waals surface area contributed by atoms with Gasteiger partial charge < -0.3 is 5.32 Å². The number of rotatable bonds is 5. The monoisotopic (exact) mass is 353 g/mol. The molecular weight excluding hydrogens is 334 g/mol. The molecule has 0 aliphatic heterocycles. The summed E-state index contributed by atoms with van der Waals surface area (Å²) in [4.78, 5) is 12.7. The van der Waals surface area contributed by atoms with E-state index in [0.29, 0.717) is 28.9 Å². The molecule has 0 unspecified atom stereocenters. The van der Waals surface area contributed by atoms with E-state index in [-0.39, 0.29) is 5.91 Å². The van der Waals surface area contributed by atoms with Gasteiger partial charge in [-0.1, -0.05) is 67.9 Å². The Morgan fingerprint density at radius 3 is 2.48 bits per heavy atom. The molecule has 0 spiro atoms. The highest BCUT2D eigenvalue weighted by molar-refractivity contribution is 6.32. The lowest BCUT2D eigenvalue weighted by Gasteiger charge is -2.10. The topological polar surface area (TPSA) is 46.9 Å². The van der Waals surface area contributed by atoms with Gasteiger partial charge in [-0.25, -0.2) is 4.68 Å². The van der Waals surface area contributed by atoms with E-state index in [4.69, 9.17) is 11.6 Å². The van der Waals surface area contributed by atoms with Crippen LogP contribution in [0.1, 0.15) is 24.3 Å². The number of benzene rings is 2. The highest BCUT2D eigenvalue weighted by atomic mass is 35.5. The van der Waals surface area contributed by atoms with Gasteiger partial charge in [-0.2, -0.15) is 5.10 Å². The second-order valence-corrected chi connectivity index (χ2v) is 6.66. The van der Waals surface area contributed by atoms with Crippen molar-refractivity contribution in [2.24, 2.45) is 5.92 Å². The molecule has 1 aromatic heterocycles. The van der Waals surface area contributed by atoms with Crippen molar-refractivity contribution in [3.63, 3.8) is 0 Å². The van der Waals surface area contributed by atoms with E-state index in [1.165, 1.54) is 0 Å². The number of amides is 1. The number of nitrogens with zero attached hydrogens (tertiary/aromatic N) is 2. The number of carbonyl (C=O) groups excluding carboxylic acids is 1. The molecule has 0 bridgehead atoms. The van der Waals surface area contributed by atoms with Crippen LogP contribution in [-0.2, 0) is 0 Å². The number of aromatic nitrogens is 2. The van der Waals surface area contributed by atoms with Gasteiger partial charge in [0.2, 0.25) is 0 Å². The van der Waals surface area contributed by atoms with Gasteiger partial charge in [0.1, 0.15) is 5.69 Å². The number of hydrogen-bond acceptors (Lipinski definition) is 2. The van der Waals surface area contributed by atoms with Crippen molar-refractivity contribution in [3.05, 3.63) is 71.4 Å². The lowest BCUT2D eigenvalue weighted by Crippen LogP contribution is -2.29. The van der Waals surface area contributed by atoms with Gasteiger partial charge in [-0.15, -0.1) is 0 Å². The van der Waals surface area contributed by atoms with Gasteiger partial charge in [0.15, 0.2) is 0 Å². The summed E-state index contributed by atoms with van der Waals surface area (Å²) in [6.45, 7) is 4.72. The number of hydrogen-bond donors (Lipinski definition) is 1. The van der Waals surface area contributed by atoms with Crippen LogP contribution in [0.4, 0.5) is 0 Å². The first-order valence-electron chi connectivity index (χ1n) is 8.25. The first kappa shape index (κ1) is 17.2. The molecule has 0 radical (unpaired) electrons. The summed E-state index contributed by atoms with van der Waals surface area (Å²) in [5.41, 5.74) is 2.83. The molecule has 0 saturated carbocycles. The fourth-order valence-electron chi connectivity index (χ4n) is 2.49. The minimum atomic E-state index is -0.164. The zero-order chi connectivity index (χ0) is 17.8. The van der Waals surface area contributed by atoms with Gasteiger partial charge in [0.05, 0.1) is 16.4 Å². The lowest BCUT2D eigenvalue weighted by atomic mass is 10.1. The first-order valence-corrected chi connectivity index (χ1v) is 8.62. The van der Waals surface area contributed by atoms with Crippen LogP contribution < -0.4 is 5.32 Å². The van der Waals surface area contributed by atoms with E-state index in [9.17, 15) is 4.79 Å². The van der Waals surface area contributed by atoms with Crippen LogP contribution >= 0.6 is 11.6 Å². The van der Waals surface area contributed by atoms with E-state index < -0.39 is 0 Å². The smallest absolute Gasteiger partial charge is 0.270 e. The Bertz CT molecular complexity index is 872. The van der Waals surface area contributed by atoms with Gasteiger partial charge in [-0.3, -0.25) is 4.79 Å². The molecule has 0 saturated heterocycles. The molecule has 1 heterocycles. The standard InChI is InChI=1S/C20H20ClN3O/c1-14(2)13-22-20(25)19-12-17(15-8-4-3-5-9-15)23-24(19)18-11-7-6-10-16(18)21/h3-12,14H,13H2,1-2H3,(H,22,25). The summed E-state index contributed by atoms with van der Waals surface area (Å²) in [5, 5.41) is 8.13. The maximum atomic E-state index is 12.7. The normalized spacial score (nSPS) is 10.9. The summed E-state index contributed by atoms with van der Waals surface area (Å²) < 4.78 is 1.61. The van der Waals surface area contributed by atoms with Crippen LogP contribution in [0.5, 0.6) is 0 Å². The molecule has 1 amide bonds. The van der Waals surface area contributed by atoms with E-state index in [1.54, 1.807) is 16.8 Å². The van der Waals surface area contributed by atoms with Crippen LogP contribution in [0.25, 0.3) is 16.9 Å². The highest BCUT2D eigenvalue weighted by Crippen LogP contribution is 2.25. The predicted octanol–water partition coefficient (Wildman–Crippen LogP) is 4.58. The van der Waals surface area contributed by atoms with Gasteiger partial charge >= 0.3 is 0 Å². The summed E-state index contributed by atoms with van der Waals surface area (Å²) in [5.74, 6) is 0.206. The molecule has 2 aromatic carbocycles. The highest BCUT2D eigenvalue weighted by Gasteiger charge is 2.19. The predicted molar refractivity (Wildman–Crippen MR) is 101 cm³/mol. The molecule has 25 heavy (non-hydrogen) atoms. The SMILES string of the molecule is CC(C)CNC(=O)c1cc(-c2ccccc2)nn1-c1ccccc1Cl. The van der Waals surface area contributed by atoms with Crippen molar-refractivity contribution in [1.29, 1.82) is 0 Å². The molecule has 5 heteroatoms. The van der Waals surface area contributed by atoms with Gasteiger partial charge in [0, 0.05) is 12.1 Å². The number of nitrogens with one attached hydrogen (secondary N) is 1. The van der Waals surface area contributed by atoms with Crippen molar-refractivity contribution >= 4 is 17.5 Å². The molecule has 128 valence electrons. The lowest BCUT2D eigenvalue weighted by molar-refractivity contribution is 0.0941. The van der Waals surface area contributed by atoms with Crippen LogP contribution in [0, 0.1) is 5.92 Å². The third kappa shape index (κ3) is 3.91. The van der Waals surface area contributed by atoms with Crippen molar-refractivity contribution in [2.75, 3.05) is 6.54 Å².